The number of phenolic OH excluding ortho intramolecular Hbond substituents is 1. The minimum absolute atomic E-state index is 0.0250. The summed E-state index contributed by atoms with van der Waals surface area (Å²) in [5.74, 6) is 0.137. The molecule has 1 amide bonds. The molecule has 0 aliphatic carbocycles. The number of benzene rings is 1. The maximum absolute atomic E-state index is 12.3. The molecule has 5 heteroatoms. The Hall–Kier alpha value is -2.40. The molecule has 1 aromatic carbocycles. The van der Waals surface area contributed by atoms with Crippen molar-refractivity contribution >= 4 is 5.91 Å². The smallest absolute Gasteiger partial charge is 0.251 e. The second-order valence-electron chi connectivity index (χ2n) is 5.49. The number of pyridine rings is 1. The van der Waals surface area contributed by atoms with Gasteiger partial charge in [0.15, 0.2) is 0 Å². The monoisotopic (exact) mass is 298 g/mol. The average molecular weight is 298 g/mol. The molecule has 2 aromatic rings. The van der Waals surface area contributed by atoms with Gasteiger partial charge in [-0.3, -0.25) is 9.78 Å². The molecular weight excluding hydrogens is 280 g/mol. The molecule has 3 rings (SSSR count). The van der Waals surface area contributed by atoms with Crippen LogP contribution in [0.4, 0.5) is 0 Å². The van der Waals surface area contributed by atoms with Gasteiger partial charge in [-0.05, 0) is 42.3 Å². The van der Waals surface area contributed by atoms with Gasteiger partial charge in [0.25, 0.3) is 5.91 Å². The Morgan fingerprint density at radius 3 is 2.86 bits per heavy atom. The summed E-state index contributed by atoms with van der Waals surface area (Å²) in [6.45, 7) is 1.15. The van der Waals surface area contributed by atoms with E-state index in [0.717, 1.165) is 6.42 Å². The Morgan fingerprint density at radius 2 is 2.09 bits per heavy atom. The van der Waals surface area contributed by atoms with Gasteiger partial charge in [0.05, 0.1) is 19.3 Å². The molecule has 1 saturated heterocycles. The number of amides is 1. The molecule has 2 atom stereocenters. The molecule has 0 radical (unpaired) electrons. The zero-order valence-electron chi connectivity index (χ0n) is 12.1. The molecule has 0 bridgehead atoms. The van der Waals surface area contributed by atoms with Crippen LogP contribution >= 0.6 is 0 Å². The molecule has 1 aromatic heterocycles. The number of carbonyl (C=O) groups is 1. The molecule has 0 saturated carbocycles. The third kappa shape index (κ3) is 3.43. The molecule has 1 aliphatic rings. The quantitative estimate of drug-likeness (QED) is 0.902. The van der Waals surface area contributed by atoms with Crippen LogP contribution in [-0.2, 0) is 11.2 Å². The lowest BCUT2D eigenvalue weighted by atomic mass is 9.95. The number of aromatic nitrogens is 1. The molecule has 2 heterocycles. The van der Waals surface area contributed by atoms with Gasteiger partial charge in [-0.2, -0.15) is 0 Å². The first-order valence-corrected chi connectivity index (χ1v) is 7.29. The first kappa shape index (κ1) is 14.5. The number of nitrogens with zero attached hydrogens (tertiary/aromatic N) is 1. The standard InChI is InChI=1S/C17H18N2O3/c20-15-3-1-2-13(9-15)17(21)19-16-11-22-10-14(16)8-12-4-6-18-7-5-12/h1-7,9,14,16,20H,8,10-11H2,(H,19,21)/t14-,16-/m1/s1. The van der Waals surface area contributed by atoms with Crippen molar-refractivity contribution in [2.75, 3.05) is 13.2 Å². The number of hydrogen-bond acceptors (Lipinski definition) is 4. The van der Waals surface area contributed by atoms with Gasteiger partial charge in [0.1, 0.15) is 5.75 Å². The number of carbonyl (C=O) groups excluding carboxylic acids is 1. The van der Waals surface area contributed by atoms with Crippen molar-refractivity contribution in [1.82, 2.24) is 10.3 Å². The van der Waals surface area contributed by atoms with E-state index in [9.17, 15) is 9.90 Å². The van der Waals surface area contributed by atoms with E-state index in [2.05, 4.69) is 10.3 Å². The molecule has 2 N–H and O–H groups in total. The van der Waals surface area contributed by atoms with Gasteiger partial charge < -0.3 is 15.2 Å². The minimum atomic E-state index is -0.189. The lowest BCUT2D eigenvalue weighted by Crippen LogP contribution is -2.40. The van der Waals surface area contributed by atoms with Crippen LogP contribution in [-0.4, -0.2) is 35.3 Å². The largest absolute Gasteiger partial charge is 0.508 e. The highest BCUT2D eigenvalue weighted by molar-refractivity contribution is 5.94. The van der Waals surface area contributed by atoms with Crippen molar-refractivity contribution in [3.63, 3.8) is 0 Å². The van der Waals surface area contributed by atoms with Gasteiger partial charge in [-0.1, -0.05) is 6.07 Å². The van der Waals surface area contributed by atoms with Crippen molar-refractivity contribution in [1.29, 1.82) is 0 Å². The van der Waals surface area contributed by atoms with Crippen molar-refractivity contribution in [2.24, 2.45) is 5.92 Å². The molecule has 22 heavy (non-hydrogen) atoms. The zero-order chi connectivity index (χ0) is 15.4. The van der Waals surface area contributed by atoms with Gasteiger partial charge in [0, 0.05) is 23.9 Å². The van der Waals surface area contributed by atoms with E-state index >= 15 is 0 Å². The maximum atomic E-state index is 12.3. The predicted molar refractivity (Wildman–Crippen MR) is 81.6 cm³/mol. The summed E-state index contributed by atoms with van der Waals surface area (Å²) < 4.78 is 5.52. The van der Waals surface area contributed by atoms with E-state index in [0.29, 0.717) is 18.8 Å². The lowest BCUT2D eigenvalue weighted by Gasteiger charge is -2.19. The van der Waals surface area contributed by atoms with Gasteiger partial charge in [-0.25, -0.2) is 0 Å². The topological polar surface area (TPSA) is 71.5 Å². The highest BCUT2D eigenvalue weighted by atomic mass is 16.5. The summed E-state index contributed by atoms with van der Waals surface area (Å²) in [6, 6.07) is 10.3. The van der Waals surface area contributed by atoms with Crippen LogP contribution in [0.2, 0.25) is 0 Å². The van der Waals surface area contributed by atoms with E-state index in [1.54, 1.807) is 30.6 Å². The first-order chi connectivity index (χ1) is 10.7. The molecule has 1 aliphatic heterocycles. The van der Waals surface area contributed by atoms with Crippen molar-refractivity contribution in [3.05, 3.63) is 59.9 Å². The molecule has 1 fully saturated rings. The SMILES string of the molecule is O=C(N[C@@H]1COC[C@H]1Cc1ccncc1)c1cccc(O)c1. The van der Waals surface area contributed by atoms with E-state index in [4.69, 9.17) is 4.74 Å². The maximum Gasteiger partial charge on any atom is 0.251 e. The second-order valence-corrected chi connectivity index (χ2v) is 5.49. The second kappa shape index (κ2) is 6.58. The van der Waals surface area contributed by atoms with Crippen LogP contribution in [0.25, 0.3) is 0 Å². The summed E-state index contributed by atoms with van der Waals surface area (Å²) >= 11 is 0. The summed E-state index contributed by atoms with van der Waals surface area (Å²) in [6.07, 6.45) is 4.38. The number of rotatable bonds is 4. The summed E-state index contributed by atoms with van der Waals surface area (Å²) in [4.78, 5) is 16.3. The van der Waals surface area contributed by atoms with E-state index < -0.39 is 0 Å². The van der Waals surface area contributed by atoms with Gasteiger partial charge in [0.2, 0.25) is 0 Å². The Balaban J connectivity index is 1.65. The summed E-state index contributed by atoms with van der Waals surface area (Å²) in [5, 5.41) is 12.5. The average Bonchev–Trinajstić information content (AvgIpc) is 2.95. The fraction of sp³-hybridized carbons (Fsp3) is 0.294. The number of ether oxygens (including phenoxy) is 1. The Labute approximate surface area is 129 Å². The van der Waals surface area contributed by atoms with Crippen LogP contribution in [0, 0.1) is 5.92 Å². The van der Waals surface area contributed by atoms with E-state index in [1.807, 2.05) is 12.1 Å². The minimum Gasteiger partial charge on any atom is -0.508 e. The fourth-order valence-electron chi connectivity index (χ4n) is 2.68. The van der Waals surface area contributed by atoms with Gasteiger partial charge in [-0.15, -0.1) is 0 Å². The highest BCUT2D eigenvalue weighted by Crippen LogP contribution is 2.20. The van der Waals surface area contributed by atoms with Crippen molar-refractivity contribution in [3.8, 4) is 5.75 Å². The lowest BCUT2D eigenvalue weighted by molar-refractivity contribution is 0.0924. The molecule has 114 valence electrons. The molecular formula is C17H18N2O3. The highest BCUT2D eigenvalue weighted by Gasteiger charge is 2.29. The third-order valence-corrected chi connectivity index (χ3v) is 3.87. The summed E-state index contributed by atoms with van der Waals surface area (Å²) in [7, 11) is 0. The molecule has 5 nitrogen and oxygen atoms in total. The van der Waals surface area contributed by atoms with Crippen LogP contribution < -0.4 is 5.32 Å². The van der Waals surface area contributed by atoms with Crippen molar-refractivity contribution < 1.29 is 14.6 Å². The first-order valence-electron chi connectivity index (χ1n) is 7.29. The van der Waals surface area contributed by atoms with E-state index in [1.165, 1.54) is 11.6 Å². The molecule has 0 spiro atoms. The van der Waals surface area contributed by atoms with Crippen LogP contribution in [0.15, 0.2) is 48.8 Å². The summed E-state index contributed by atoms with van der Waals surface area (Å²) in [5.41, 5.74) is 1.64. The van der Waals surface area contributed by atoms with Crippen LogP contribution in [0.3, 0.4) is 0 Å². The zero-order valence-corrected chi connectivity index (χ0v) is 12.1. The van der Waals surface area contributed by atoms with E-state index in [-0.39, 0.29) is 23.6 Å². The number of nitrogens with one attached hydrogen (secondary N) is 1. The number of phenols is 1. The predicted octanol–water partition coefficient (Wildman–Crippen LogP) is 1.77. The third-order valence-electron chi connectivity index (χ3n) is 3.87. The van der Waals surface area contributed by atoms with Crippen LogP contribution in [0.5, 0.6) is 5.75 Å². The Bertz CT molecular complexity index is 645. The van der Waals surface area contributed by atoms with Gasteiger partial charge >= 0.3 is 0 Å². The van der Waals surface area contributed by atoms with Crippen molar-refractivity contribution in [2.45, 2.75) is 12.5 Å². The Morgan fingerprint density at radius 1 is 1.27 bits per heavy atom. The van der Waals surface area contributed by atoms with Crippen LogP contribution in [0.1, 0.15) is 15.9 Å². The number of hydrogen-bond donors (Lipinski definition) is 2. The normalized spacial score (nSPS) is 20.7. The number of aromatic hydroxyl groups is 1. The Kier molecular flexibility index (Phi) is 4.34. The fourth-order valence-corrected chi connectivity index (χ4v) is 2.68. The molecule has 0 unspecified atom stereocenters.